The molecular formula is C15H20N4O2. The topological polar surface area (TPSA) is 68.2 Å². The van der Waals surface area contributed by atoms with Crippen LogP contribution >= 0.6 is 0 Å². The van der Waals surface area contributed by atoms with Crippen molar-refractivity contribution < 1.29 is 9.53 Å². The highest BCUT2D eigenvalue weighted by atomic mass is 16.5. The third-order valence-electron chi connectivity index (χ3n) is 3.03. The number of ether oxygens (including phenoxy) is 1. The van der Waals surface area contributed by atoms with E-state index in [1.807, 2.05) is 42.0 Å². The lowest BCUT2D eigenvalue weighted by atomic mass is 10.2. The van der Waals surface area contributed by atoms with Gasteiger partial charge in [0, 0.05) is 31.5 Å². The van der Waals surface area contributed by atoms with Crippen LogP contribution in [0.3, 0.4) is 0 Å². The third kappa shape index (κ3) is 4.83. The molecule has 0 aliphatic heterocycles. The predicted octanol–water partition coefficient (Wildman–Crippen LogP) is 1.78. The van der Waals surface area contributed by atoms with Crippen LogP contribution in [0.2, 0.25) is 0 Å². The number of methoxy groups -OCH3 is 1. The number of nitrogens with zero attached hydrogens (tertiary/aromatic N) is 2. The summed E-state index contributed by atoms with van der Waals surface area (Å²) >= 11 is 0. The molecule has 0 fully saturated rings. The summed E-state index contributed by atoms with van der Waals surface area (Å²) in [5.41, 5.74) is 1.02. The summed E-state index contributed by atoms with van der Waals surface area (Å²) in [6.45, 7) is 3.12. The number of rotatable bonds is 6. The second kappa shape index (κ2) is 7.33. The lowest BCUT2D eigenvalue weighted by Gasteiger charge is -2.15. The van der Waals surface area contributed by atoms with Crippen molar-refractivity contribution in [2.75, 3.05) is 7.11 Å². The molecule has 1 heterocycles. The van der Waals surface area contributed by atoms with Gasteiger partial charge in [0.25, 0.3) is 0 Å². The fraction of sp³-hybridized carbons (Fsp3) is 0.333. The normalized spacial score (nSPS) is 11.7. The summed E-state index contributed by atoms with van der Waals surface area (Å²) in [7, 11) is 1.63. The number of carbonyl (C=O) groups is 1. The average Bonchev–Trinajstić information content (AvgIpc) is 2.98. The van der Waals surface area contributed by atoms with Gasteiger partial charge < -0.3 is 19.9 Å². The summed E-state index contributed by atoms with van der Waals surface area (Å²) in [4.78, 5) is 15.8. The van der Waals surface area contributed by atoms with Crippen LogP contribution in [-0.4, -0.2) is 28.7 Å². The van der Waals surface area contributed by atoms with Gasteiger partial charge in [-0.25, -0.2) is 9.78 Å². The Labute approximate surface area is 124 Å². The highest BCUT2D eigenvalue weighted by molar-refractivity contribution is 5.74. The van der Waals surface area contributed by atoms with Gasteiger partial charge in [0.1, 0.15) is 5.75 Å². The van der Waals surface area contributed by atoms with E-state index in [1.54, 1.807) is 19.6 Å². The number of carbonyl (C=O) groups excluding carboxylic acids is 1. The quantitative estimate of drug-likeness (QED) is 0.851. The molecule has 0 radical (unpaired) electrons. The predicted molar refractivity (Wildman–Crippen MR) is 80.1 cm³/mol. The van der Waals surface area contributed by atoms with Gasteiger partial charge in [0.2, 0.25) is 0 Å². The molecule has 1 aromatic carbocycles. The molecular weight excluding hydrogens is 268 g/mol. The van der Waals surface area contributed by atoms with Gasteiger partial charge in [-0.15, -0.1) is 0 Å². The molecule has 0 bridgehead atoms. The Kier molecular flexibility index (Phi) is 5.20. The van der Waals surface area contributed by atoms with Gasteiger partial charge in [-0.3, -0.25) is 0 Å². The lowest BCUT2D eigenvalue weighted by Crippen LogP contribution is -2.42. The van der Waals surface area contributed by atoms with Gasteiger partial charge in [-0.1, -0.05) is 12.1 Å². The maximum atomic E-state index is 11.8. The van der Waals surface area contributed by atoms with Gasteiger partial charge in [-0.05, 0) is 24.6 Å². The smallest absolute Gasteiger partial charge is 0.315 e. The number of imidazole rings is 1. The SMILES string of the molecule is COc1ccc(CNC(=O)NC(C)Cn2ccnc2)cc1. The van der Waals surface area contributed by atoms with Crippen LogP contribution in [0.25, 0.3) is 0 Å². The fourth-order valence-electron chi connectivity index (χ4n) is 1.96. The number of urea groups is 1. The molecule has 1 atom stereocenters. The van der Waals surface area contributed by atoms with Crippen LogP contribution in [0.1, 0.15) is 12.5 Å². The second-order valence-electron chi connectivity index (χ2n) is 4.84. The Morgan fingerprint density at radius 1 is 1.38 bits per heavy atom. The number of hydrogen-bond donors (Lipinski definition) is 2. The monoisotopic (exact) mass is 288 g/mol. The molecule has 1 unspecified atom stereocenters. The Morgan fingerprint density at radius 2 is 2.14 bits per heavy atom. The van der Waals surface area contributed by atoms with E-state index in [0.717, 1.165) is 11.3 Å². The Hall–Kier alpha value is -2.50. The highest BCUT2D eigenvalue weighted by Gasteiger charge is 2.07. The van der Waals surface area contributed by atoms with E-state index in [2.05, 4.69) is 15.6 Å². The number of nitrogens with one attached hydrogen (secondary N) is 2. The summed E-state index contributed by atoms with van der Waals surface area (Å²) in [6, 6.07) is 7.43. The number of amides is 2. The standard InChI is InChI=1S/C15H20N4O2/c1-12(10-19-8-7-16-11-19)18-15(20)17-9-13-3-5-14(21-2)6-4-13/h3-8,11-12H,9-10H2,1-2H3,(H2,17,18,20). The molecule has 2 N–H and O–H groups in total. The van der Waals surface area contributed by atoms with Crippen molar-refractivity contribution in [2.24, 2.45) is 0 Å². The van der Waals surface area contributed by atoms with E-state index >= 15 is 0 Å². The first kappa shape index (κ1) is 14.9. The fourth-order valence-corrected chi connectivity index (χ4v) is 1.96. The number of benzene rings is 1. The van der Waals surface area contributed by atoms with E-state index < -0.39 is 0 Å². The van der Waals surface area contributed by atoms with Crippen molar-refractivity contribution >= 4 is 6.03 Å². The molecule has 0 saturated heterocycles. The van der Waals surface area contributed by atoms with Crippen LogP contribution in [0.15, 0.2) is 43.0 Å². The minimum Gasteiger partial charge on any atom is -0.497 e. The zero-order valence-corrected chi connectivity index (χ0v) is 12.2. The third-order valence-corrected chi connectivity index (χ3v) is 3.03. The second-order valence-corrected chi connectivity index (χ2v) is 4.84. The summed E-state index contributed by atoms with van der Waals surface area (Å²) in [6.07, 6.45) is 5.32. The van der Waals surface area contributed by atoms with Crippen LogP contribution in [-0.2, 0) is 13.1 Å². The van der Waals surface area contributed by atoms with Crippen molar-refractivity contribution in [3.63, 3.8) is 0 Å². The van der Waals surface area contributed by atoms with Crippen LogP contribution in [0.4, 0.5) is 4.79 Å². The summed E-state index contributed by atoms with van der Waals surface area (Å²) in [5, 5.41) is 5.72. The van der Waals surface area contributed by atoms with Crippen molar-refractivity contribution in [3.8, 4) is 5.75 Å². The van der Waals surface area contributed by atoms with E-state index in [-0.39, 0.29) is 12.1 Å². The Balaban J connectivity index is 1.73. The number of hydrogen-bond acceptors (Lipinski definition) is 3. The minimum absolute atomic E-state index is 0.0232. The molecule has 6 heteroatoms. The zero-order valence-electron chi connectivity index (χ0n) is 12.2. The van der Waals surface area contributed by atoms with E-state index in [9.17, 15) is 4.79 Å². The van der Waals surface area contributed by atoms with Crippen LogP contribution < -0.4 is 15.4 Å². The Bertz CT molecular complexity index is 552. The van der Waals surface area contributed by atoms with Crippen molar-refractivity contribution in [1.82, 2.24) is 20.2 Å². The molecule has 6 nitrogen and oxygen atoms in total. The maximum Gasteiger partial charge on any atom is 0.315 e. The van der Waals surface area contributed by atoms with Crippen molar-refractivity contribution in [3.05, 3.63) is 48.5 Å². The first-order valence-electron chi connectivity index (χ1n) is 6.80. The van der Waals surface area contributed by atoms with Gasteiger partial charge in [0.15, 0.2) is 0 Å². The van der Waals surface area contributed by atoms with Crippen LogP contribution in [0, 0.1) is 0 Å². The van der Waals surface area contributed by atoms with E-state index in [1.165, 1.54) is 0 Å². The molecule has 2 aromatic rings. The lowest BCUT2D eigenvalue weighted by molar-refractivity contribution is 0.236. The van der Waals surface area contributed by atoms with Gasteiger partial charge >= 0.3 is 6.03 Å². The van der Waals surface area contributed by atoms with Gasteiger partial charge in [-0.2, -0.15) is 0 Å². The van der Waals surface area contributed by atoms with E-state index in [0.29, 0.717) is 13.1 Å². The van der Waals surface area contributed by atoms with Crippen molar-refractivity contribution in [2.45, 2.75) is 26.1 Å². The highest BCUT2D eigenvalue weighted by Crippen LogP contribution is 2.10. The molecule has 0 aliphatic rings. The molecule has 1 aromatic heterocycles. The van der Waals surface area contributed by atoms with E-state index in [4.69, 9.17) is 4.74 Å². The zero-order chi connectivity index (χ0) is 15.1. The summed E-state index contributed by atoms with van der Waals surface area (Å²) < 4.78 is 7.02. The molecule has 0 saturated carbocycles. The number of aromatic nitrogens is 2. The molecule has 2 amide bonds. The minimum atomic E-state index is -0.182. The molecule has 0 spiro atoms. The van der Waals surface area contributed by atoms with Gasteiger partial charge in [0.05, 0.1) is 13.4 Å². The average molecular weight is 288 g/mol. The van der Waals surface area contributed by atoms with Crippen LogP contribution in [0.5, 0.6) is 5.75 Å². The molecule has 21 heavy (non-hydrogen) atoms. The van der Waals surface area contributed by atoms with Crippen molar-refractivity contribution in [1.29, 1.82) is 0 Å². The first-order valence-corrected chi connectivity index (χ1v) is 6.80. The largest absolute Gasteiger partial charge is 0.497 e. The summed E-state index contributed by atoms with van der Waals surface area (Å²) in [5.74, 6) is 0.803. The molecule has 0 aliphatic carbocycles. The first-order chi connectivity index (χ1) is 10.2. The molecule has 2 rings (SSSR count). The Morgan fingerprint density at radius 3 is 2.76 bits per heavy atom. The maximum absolute atomic E-state index is 11.8. The molecule has 112 valence electrons.